The summed E-state index contributed by atoms with van der Waals surface area (Å²) in [4.78, 5) is 8.25. The largest absolute Gasteiger partial charge is 0.497 e. The number of methoxy groups -OCH3 is 1. The van der Waals surface area contributed by atoms with Crippen molar-refractivity contribution in [3.05, 3.63) is 52.2 Å². The van der Waals surface area contributed by atoms with Crippen molar-refractivity contribution in [2.24, 2.45) is 4.99 Å². The molecule has 3 rings (SSSR count). The van der Waals surface area contributed by atoms with Gasteiger partial charge in [0.15, 0.2) is 5.96 Å². The molecule has 1 aromatic heterocycles. The van der Waals surface area contributed by atoms with E-state index in [1.54, 1.807) is 7.11 Å². The number of hydrogen-bond acceptors (Lipinski definition) is 5. The number of hydrogen-bond donors (Lipinski definition) is 2. The predicted octanol–water partition coefficient (Wildman–Crippen LogP) is 3.16. The number of benzene rings is 1. The van der Waals surface area contributed by atoms with Crippen LogP contribution in [-0.2, 0) is 11.2 Å². The third-order valence-electron chi connectivity index (χ3n) is 4.91. The average molecular weight is 530 g/mol. The molecular formula is C21H31IN4O2S. The molecule has 1 unspecified atom stereocenters. The second kappa shape index (κ2) is 13.0. The fourth-order valence-corrected chi connectivity index (χ4v) is 4.17. The summed E-state index contributed by atoms with van der Waals surface area (Å²) in [5, 5.41) is 9.06. The zero-order valence-corrected chi connectivity index (χ0v) is 20.2. The van der Waals surface area contributed by atoms with Crippen LogP contribution in [0.2, 0.25) is 0 Å². The summed E-state index contributed by atoms with van der Waals surface area (Å²) in [5.74, 6) is 1.72. The standard InChI is InChI=1S/C21H30N4O2S.HI/c1-22-21(23-10-9-17-5-7-18(26-2)8-6-17)24-16-19(20-4-3-15-28-20)25-11-13-27-14-12-25;/h3-8,15,19H,9-14,16H2,1-2H3,(H2,22,23,24);1H. The summed E-state index contributed by atoms with van der Waals surface area (Å²) in [6, 6.07) is 12.9. The molecule has 0 aliphatic carbocycles. The summed E-state index contributed by atoms with van der Waals surface area (Å²) >= 11 is 1.81. The summed E-state index contributed by atoms with van der Waals surface area (Å²) in [7, 11) is 3.50. The fraction of sp³-hybridized carbons (Fsp3) is 0.476. The van der Waals surface area contributed by atoms with E-state index < -0.39 is 0 Å². The van der Waals surface area contributed by atoms with Gasteiger partial charge in [-0.2, -0.15) is 0 Å². The second-order valence-electron chi connectivity index (χ2n) is 6.66. The van der Waals surface area contributed by atoms with Crippen molar-refractivity contribution in [1.82, 2.24) is 15.5 Å². The van der Waals surface area contributed by atoms with Crippen LogP contribution in [0.1, 0.15) is 16.5 Å². The normalized spacial score (nSPS) is 16.0. The van der Waals surface area contributed by atoms with Crippen LogP contribution in [0.5, 0.6) is 5.75 Å². The van der Waals surface area contributed by atoms with Crippen molar-refractivity contribution in [2.75, 3.05) is 53.6 Å². The van der Waals surface area contributed by atoms with E-state index in [1.165, 1.54) is 10.4 Å². The molecule has 2 heterocycles. The summed E-state index contributed by atoms with van der Waals surface area (Å²) in [5.41, 5.74) is 1.27. The molecule has 8 heteroatoms. The highest BCUT2D eigenvalue weighted by Gasteiger charge is 2.23. The van der Waals surface area contributed by atoms with E-state index in [4.69, 9.17) is 9.47 Å². The Hall–Kier alpha value is -1.36. The monoisotopic (exact) mass is 530 g/mol. The maximum absolute atomic E-state index is 5.52. The quantitative estimate of drug-likeness (QED) is 0.312. The number of rotatable bonds is 8. The lowest BCUT2D eigenvalue weighted by atomic mass is 10.1. The van der Waals surface area contributed by atoms with Gasteiger partial charge >= 0.3 is 0 Å². The van der Waals surface area contributed by atoms with Crippen molar-refractivity contribution >= 4 is 41.3 Å². The number of thiophene rings is 1. The van der Waals surface area contributed by atoms with E-state index in [0.717, 1.165) is 57.5 Å². The zero-order chi connectivity index (χ0) is 19.6. The average Bonchev–Trinajstić information content (AvgIpc) is 3.28. The molecule has 1 saturated heterocycles. The van der Waals surface area contributed by atoms with Gasteiger partial charge in [0, 0.05) is 38.1 Å². The Bertz CT molecular complexity index is 719. The van der Waals surface area contributed by atoms with Gasteiger partial charge in [-0.3, -0.25) is 9.89 Å². The highest BCUT2D eigenvalue weighted by atomic mass is 127. The number of halogens is 1. The van der Waals surface area contributed by atoms with Crippen LogP contribution in [-0.4, -0.2) is 64.4 Å². The van der Waals surface area contributed by atoms with Gasteiger partial charge in [-0.25, -0.2) is 0 Å². The maximum atomic E-state index is 5.52. The summed E-state index contributed by atoms with van der Waals surface area (Å²) < 4.78 is 10.7. The Balaban J connectivity index is 0.00000300. The summed E-state index contributed by atoms with van der Waals surface area (Å²) in [6.45, 7) is 5.19. The molecule has 160 valence electrons. The highest BCUT2D eigenvalue weighted by Crippen LogP contribution is 2.25. The third kappa shape index (κ3) is 7.44. The van der Waals surface area contributed by atoms with Gasteiger partial charge in [0.1, 0.15) is 5.75 Å². The number of nitrogens with one attached hydrogen (secondary N) is 2. The number of morpholine rings is 1. The van der Waals surface area contributed by atoms with Gasteiger partial charge < -0.3 is 20.1 Å². The van der Waals surface area contributed by atoms with Gasteiger partial charge in [0.25, 0.3) is 0 Å². The van der Waals surface area contributed by atoms with Crippen LogP contribution in [0.3, 0.4) is 0 Å². The van der Waals surface area contributed by atoms with Gasteiger partial charge in [-0.1, -0.05) is 18.2 Å². The lowest BCUT2D eigenvalue weighted by molar-refractivity contribution is 0.0177. The van der Waals surface area contributed by atoms with Crippen molar-refractivity contribution in [3.8, 4) is 5.75 Å². The zero-order valence-electron chi connectivity index (χ0n) is 17.1. The number of guanidine groups is 1. The van der Waals surface area contributed by atoms with E-state index in [-0.39, 0.29) is 24.0 Å². The van der Waals surface area contributed by atoms with E-state index in [2.05, 4.69) is 50.2 Å². The van der Waals surface area contributed by atoms with E-state index in [0.29, 0.717) is 6.04 Å². The molecular weight excluding hydrogens is 499 g/mol. The maximum Gasteiger partial charge on any atom is 0.191 e. The van der Waals surface area contributed by atoms with Crippen LogP contribution >= 0.6 is 35.3 Å². The number of nitrogens with zero attached hydrogens (tertiary/aromatic N) is 2. The first-order valence-electron chi connectivity index (χ1n) is 9.73. The Morgan fingerprint density at radius 1 is 1.21 bits per heavy atom. The number of aliphatic imine (C=N–C) groups is 1. The minimum atomic E-state index is 0. The molecule has 2 N–H and O–H groups in total. The van der Waals surface area contributed by atoms with Crippen LogP contribution < -0.4 is 15.4 Å². The highest BCUT2D eigenvalue weighted by molar-refractivity contribution is 14.0. The molecule has 0 spiro atoms. The minimum absolute atomic E-state index is 0. The van der Waals surface area contributed by atoms with Gasteiger partial charge in [-0.05, 0) is 35.6 Å². The molecule has 1 aromatic carbocycles. The molecule has 0 amide bonds. The predicted molar refractivity (Wildman–Crippen MR) is 131 cm³/mol. The molecule has 0 bridgehead atoms. The van der Waals surface area contributed by atoms with Crippen molar-refractivity contribution in [1.29, 1.82) is 0 Å². The second-order valence-corrected chi connectivity index (χ2v) is 7.64. The van der Waals surface area contributed by atoms with Gasteiger partial charge in [0.2, 0.25) is 0 Å². The van der Waals surface area contributed by atoms with Gasteiger partial charge in [-0.15, -0.1) is 35.3 Å². The van der Waals surface area contributed by atoms with Crippen LogP contribution in [0.25, 0.3) is 0 Å². The Kier molecular flexibility index (Phi) is 10.8. The van der Waals surface area contributed by atoms with Crippen LogP contribution in [0.15, 0.2) is 46.8 Å². The fourth-order valence-electron chi connectivity index (χ4n) is 3.31. The lowest BCUT2D eigenvalue weighted by Crippen LogP contribution is -2.46. The molecule has 1 fully saturated rings. The Labute approximate surface area is 194 Å². The Morgan fingerprint density at radius 2 is 1.97 bits per heavy atom. The molecule has 1 aliphatic rings. The molecule has 1 aliphatic heterocycles. The van der Waals surface area contributed by atoms with Crippen molar-refractivity contribution in [2.45, 2.75) is 12.5 Å². The molecule has 2 aromatic rings. The molecule has 0 radical (unpaired) electrons. The molecule has 1 atom stereocenters. The van der Waals surface area contributed by atoms with E-state index in [9.17, 15) is 0 Å². The molecule has 6 nitrogen and oxygen atoms in total. The third-order valence-corrected chi connectivity index (χ3v) is 5.88. The Morgan fingerprint density at radius 3 is 2.59 bits per heavy atom. The van der Waals surface area contributed by atoms with E-state index >= 15 is 0 Å². The van der Waals surface area contributed by atoms with Crippen LogP contribution in [0.4, 0.5) is 0 Å². The lowest BCUT2D eigenvalue weighted by Gasteiger charge is -2.34. The SMILES string of the molecule is CN=C(NCCc1ccc(OC)cc1)NCC(c1cccs1)N1CCOCC1.I. The summed E-state index contributed by atoms with van der Waals surface area (Å²) in [6.07, 6.45) is 0.933. The van der Waals surface area contributed by atoms with Gasteiger partial charge in [0.05, 0.1) is 26.4 Å². The van der Waals surface area contributed by atoms with Crippen LogP contribution in [0, 0.1) is 0 Å². The first-order chi connectivity index (χ1) is 13.8. The molecule has 0 saturated carbocycles. The molecule has 29 heavy (non-hydrogen) atoms. The topological polar surface area (TPSA) is 58.1 Å². The minimum Gasteiger partial charge on any atom is -0.497 e. The van der Waals surface area contributed by atoms with E-state index in [1.807, 2.05) is 30.5 Å². The number of ether oxygens (including phenoxy) is 2. The first kappa shape index (κ1) is 23.9. The van der Waals surface area contributed by atoms with Crippen molar-refractivity contribution < 1.29 is 9.47 Å². The smallest absolute Gasteiger partial charge is 0.191 e. The first-order valence-corrected chi connectivity index (χ1v) is 10.6. The van der Waals surface area contributed by atoms with Crippen molar-refractivity contribution in [3.63, 3.8) is 0 Å².